The van der Waals surface area contributed by atoms with Gasteiger partial charge in [-0.2, -0.15) is 5.10 Å². The Morgan fingerprint density at radius 1 is 1.24 bits per heavy atom. The number of hydrogen-bond acceptors (Lipinski definition) is 5. The molecule has 1 atom stereocenters. The van der Waals surface area contributed by atoms with Gasteiger partial charge >= 0.3 is 5.97 Å². The Labute approximate surface area is 143 Å². The molecule has 1 aliphatic rings. The van der Waals surface area contributed by atoms with Gasteiger partial charge in [0.1, 0.15) is 6.54 Å². The summed E-state index contributed by atoms with van der Waals surface area (Å²) < 4.78 is 6.11. The van der Waals surface area contributed by atoms with E-state index >= 15 is 0 Å². The number of hydrogen-bond donors (Lipinski definition) is 2. The Kier molecular flexibility index (Phi) is 4.62. The highest BCUT2D eigenvalue weighted by molar-refractivity contribution is 5.87. The molecule has 3 rings (SSSR count). The third kappa shape index (κ3) is 3.58. The predicted octanol–water partition coefficient (Wildman–Crippen LogP) is 0.270. The maximum Gasteiger partial charge on any atom is 0.331 e. The lowest BCUT2D eigenvalue weighted by Crippen LogP contribution is -2.56. The van der Waals surface area contributed by atoms with Crippen molar-refractivity contribution in [3.8, 4) is 11.3 Å². The average molecular weight is 343 g/mol. The first-order valence-electron chi connectivity index (χ1n) is 7.76. The van der Waals surface area contributed by atoms with E-state index in [-0.39, 0.29) is 26.2 Å². The predicted molar refractivity (Wildman–Crippen MR) is 87.9 cm³/mol. The number of carbonyl (C=O) groups excluding carboxylic acids is 1. The molecule has 1 aromatic carbocycles. The van der Waals surface area contributed by atoms with E-state index in [4.69, 9.17) is 4.74 Å². The van der Waals surface area contributed by atoms with Crippen molar-refractivity contribution in [1.82, 2.24) is 15.1 Å². The molecule has 1 saturated heterocycles. The molecule has 130 valence electrons. The maximum absolute atomic E-state index is 12.2. The van der Waals surface area contributed by atoms with Gasteiger partial charge in [-0.05, 0) is 6.07 Å². The fourth-order valence-electron chi connectivity index (χ4n) is 2.65. The van der Waals surface area contributed by atoms with Crippen LogP contribution in [0.4, 0.5) is 0 Å². The quantitative estimate of drug-likeness (QED) is 0.806. The minimum absolute atomic E-state index is 0.0968. The lowest BCUT2D eigenvalue weighted by atomic mass is 9.99. The van der Waals surface area contributed by atoms with Crippen molar-refractivity contribution in [2.75, 3.05) is 13.2 Å². The second-order valence-electron chi connectivity index (χ2n) is 5.82. The van der Waals surface area contributed by atoms with E-state index in [9.17, 15) is 19.5 Å². The van der Waals surface area contributed by atoms with Crippen molar-refractivity contribution in [1.29, 1.82) is 0 Å². The lowest BCUT2D eigenvalue weighted by molar-refractivity contribution is -0.147. The van der Waals surface area contributed by atoms with Gasteiger partial charge in [-0.25, -0.2) is 9.48 Å². The molecule has 0 aliphatic carbocycles. The number of aliphatic carboxylic acids is 1. The van der Waals surface area contributed by atoms with Crippen LogP contribution in [0.2, 0.25) is 0 Å². The lowest BCUT2D eigenvalue weighted by Gasteiger charge is -2.23. The van der Waals surface area contributed by atoms with Gasteiger partial charge in [-0.1, -0.05) is 30.3 Å². The third-order valence-corrected chi connectivity index (χ3v) is 4.04. The molecule has 1 aromatic heterocycles. The summed E-state index contributed by atoms with van der Waals surface area (Å²) >= 11 is 0. The van der Waals surface area contributed by atoms with Crippen LogP contribution in [0.15, 0.2) is 47.3 Å². The smallest absolute Gasteiger partial charge is 0.331 e. The molecule has 2 aromatic rings. The molecule has 1 fully saturated rings. The van der Waals surface area contributed by atoms with Crippen LogP contribution < -0.4 is 10.9 Å². The van der Waals surface area contributed by atoms with E-state index < -0.39 is 23.0 Å². The van der Waals surface area contributed by atoms with Crippen molar-refractivity contribution in [3.05, 3.63) is 52.8 Å². The minimum atomic E-state index is -1.45. The number of rotatable bonds is 5. The molecule has 2 N–H and O–H groups in total. The number of amides is 1. The Bertz CT molecular complexity index is 841. The SMILES string of the molecule is O=C(Cn1nc(-c2ccccc2)ccc1=O)NC1(C(=O)O)CCOC1. The number of nitrogens with zero attached hydrogens (tertiary/aromatic N) is 2. The number of benzene rings is 1. The van der Waals surface area contributed by atoms with Gasteiger partial charge in [0, 0.05) is 24.7 Å². The van der Waals surface area contributed by atoms with Crippen LogP contribution in [-0.4, -0.2) is 45.5 Å². The van der Waals surface area contributed by atoms with Gasteiger partial charge in [0.05, 0.1) is 12.3 Å². The summed E-state index contributed by atoms with van der Waals surface area (Å²) in [6.45, 7) is -0.205. The van der Waals surface area contributed by atoms with Gasteiger partial charge in [0.2, 0.25) is 5.91 Å². The first-order chi connectivity index (χ1) is 12.0. The zero-order valence-electron chi connectivity index (χ0n) is 13.3. The zero-order valence-corrected chi connectivity index (χ0v) is 13.3. The number of nitrogens with one attached hydrogen (secondary N) is 1. The van der Waals surface area contributed by atoms with Crippen molar-refractivity contribution < 1.29 is 19.4 Å². The number of carboxylic acids is 1. The fourth-order valence-corrected chi connectivity index (χ4v) is 2.65. The molecule has 1 amide bonds. The Morgan fingerprint density at radius 3 is 2.64 bits per heavy atom. The van der Waals surface area contributed by atoms with E-state index in [0.717, 1.165) is 10.2 Å². The van der Waals surface area contributed by atoms with E-state index in [2.05, 4.69) is 10.4 Å². The molecule has 25 heavy (non-hydrogen) atoms. The monoisotopic (exact) mass is 343 g/mol. The van der Waals surface area contributed by atoms with Crippen LogP contribution in [0.5, 0.6) is 0 Å². The third-order valence-electron chi connectivity index (χ3n) is 4.04. The number of carbonyl (C=O) groups is 2. The molecule has 1 aliphatic heterocycles. The standard InChI is InChI=1S/C17H17N3O5/c21-14(18-17(16(23)24)8-9-25-11-17)10-20-15(22)7-6-13(19-20)12-4-2-1-3-5-12/h1-7H,8-11H2,(H,18,21)(H,23,24). The van der Waals surface area contributed by atoms with Gasteiger partial charge < -0.3 is 15.2 Å². The van der Waals surface area contributed by atoms with Crippen molar-refractivity contribution in [3.63, 3.8) is 0 Å². The number of aromatic nitrogens is 2. The molecule has 8 nitrogen and oxygen atoms in total. The van der Waals surface area contributed by atoms with E-state index in [1.54, 1.807) is 6.07 Å². The second-order valence-corrected chi connectivity index (χ2v) is 5.82. The van der Waals surface area contributed by atoms with E-state index in [1.807, 2.05) is 30.3 Å². The van der Waals surface area contributed by atoms with E-state index in [1.165, 1.54) is 6.07 Å². The topological polar surface area (TPSA) is 111 Å². The molecule has 0 radical (unpaired) electrons. The summed E-state index contributed by atoms with van der Waals surface area (Å²) in [5, 5.41) is 16.0. The van der Waals surface area contributed by atoms with Gasteiger partial charge in [0.15, 0.2) is 5.54 Å². The molecule has 0 spiro atoms. The molecule has 8 heteroatoms. The molecular formula is C17H17N3O5. The Balaban J connectivity index is 1.79. The molecule has 0 saturated carbocycles. The second kappa shape index (κ2) is 6.86. The highest BCUT2D eigenvalue weighted by Crippen LogP contribution is 2.19. The molecule has 1 unspecified atom stereocenters. The summed E-state index contributed by atoms with van der Waals surface area (Å²) in [6.07, 6.45) is 0.181. The Hall–Kier alpha value is -3.00. The summed E-state index contributed by atoms with van der Waals surface area (Å²) in [7, 11) is 0. The normalized spacial score (nSPS) is 19.5. The van der Waals surface area contributed by atoms with Crippen LogP contribution in [0.1, 0.15) is 6.42 Å². The summed E-state index contributed by atoms with van der Waals surface area (Å²) in [5.74, 6) is -1.76. The molecule has 0 bridgehead atoms. The number of ether oxygens (including phenoxy) is 1. The summed E-state index contributed by atoms with van der Waals surface area (Å²) in [5.41, 5.74) is -0.535. The van der Waals surface area contributed by atoms with Gasteiger partial charge in [-0.15, -0.1) is 0 Å². The Morgan fingerprint density at radius 2 is 2.00 bits per heavy atom. The summed E-state index contributed by atoms with van der Waals surface area (Å²) in [6, 6.07) is 12.1. The first kappa shape index (κ1) is 16.8. The molecule has 2 heterocycles. The maximum atomic E-state index is 12.2. The van der Waals surface area contributed by atoms with Crippen LogP contribution in [0, 0.1) is 0 Å². The van der Waals surface area contributed by atoms with Gasteiger partial charge in [-0.3, -0.25) is 9.59 Å². The first-order valence-corrected chi connectivity index (χ1v) is 7.76. The zero-order chi connectivity index (χ0) is 17.9. The molecular weight excluding hydrogens is 326 g/mol. The van der Waals surface area contributed by atoms with E-state index in [0.29, 0.717) is 5.69 Å². The van der Waals surface area contributed by atoms with Crippen LogP contribution in [0.25, 0.3) is 11.3 Å². The van der Waals surface area contributed by atoms with Gasteiger partial charge in [0.25, 0.3) is 5.56 Å². The van der Waals surface area contributed by atoms with Crippen molar-refractivity contribution in [2.24, 2.45) is 0 Å². The highest BCUT2D eigenvalue weighted by atomic mass is 16.5. The summed E-state index contributed by atoms with van der Waals surface area (Å²) in [4.78, 5) is 35.7. The van der Waals surface area contributed by atoms with Crippen molar-refractivity contribution >= 4 is 11.9 Å². The van der Waals surface area contributed by atoms with Crippen LogP contribution in [-0.2, 0) is 20.9 Å². The average Bonchev–Trinajstić information content (AvgIpc) is 3.07. The van der Waals surface area contributed by atoms with Crippen molar-refractivity contribution in [2.45, 2.75) is 18.5 Å². The number of carboxylic acid groups (broad SMARTS) is 1. The highest BCUT2D eigenvalue weighted by Gasteiger charge is 2.43. The van der Waals surface area contributed by atoms with Crippen LogP contribution in [0.3, 0.4) is 0 Å². The van der Waals surface area contributed by atoms with Crippen LogP contribution >= 0.6 is 0 Å². The minimum Gasteiger partial charge on any atom is -0.479 e. The largest absolute Gasteiger partial charge is 0.479 e. The fraction of sp³-hybridized carbons (Fsp3) is 0.294.